The molecular weight excluding hydrogens is 202 g/mol. The Morgan fingerprint density at radius 1 is 1.29 bits per heavy atom. The Bertz CT molecular complexity index is 302. The maximum absolute atomic E-state index is 12.2. The summed E-state index contributed by atoms with van der Waals surface area (Å²) >= 11 is 0. The fourth-order valence-corrected chi connectivity index (χ4v) is 4.22. The zero-order valence-corrected chi connectivity index (χ0v) is 9.27. The van der Waals surface area contributed by atoms with Crippen LogP contribution in [0.4, 0.5) is 0 Å². The van der Waals surface area contributed by atoms with Crippen LogP contribution in [0.25, 0.3) is 0 Å². The van der Waals surface area contributed by atoms with Gasteiger partial charge >= 0.3 is 0 Å². The minimum atomic E-state index is -2.99. The summed E-state index contributed by atoms with van der Waals surface area (Å²) in [4.78, 5) is 0. The first-order valence-corrected chi connectivity index (χ1v) is 6.63. The summed E-state index contributed by atoms with van der Waals surface area (Å²) in [6, 6.07) is 0. The predicted molar refractivity (Wildman–Crippen MR) is 54.0 cm³/mol. The van der Waals surface area contributed by atoms with Crippen molar-refractivity contribution in [2.24, 2.45) is 0 Å². The first-order chi connectivity index (χ1) is 6.56. The highest BCUT2D eigenvalue weighted by molar-refractivity contribution is 7.93. The van der Waals surface area contributed by atoms with Gasteiger partial charge in [0.2, 0.25) is 0 Å². The lowest BCUT2D eigenvalue weighted by molar-refractivity contribution is -0.00549. The molecule has 0 atom stereocenters. The van der Waals surface area contributed by atoms with Crippen LogP contribution >= 0.6 is 0 Å². The van der Waals surface area contributed by atoms with Crippen molar-refractivity contribution >= 4 is 9.84 Å². The maximum atomic E-state index is 12.2. The van der Waals surface area contributed by atoms with Gasteiger partial charge in [0.25, 0.3) is 0 Å². The summed E-state index contributed by atoms with van der Waals surface area (Å²) in [5, 5.41) is 3.02. The van der Waals surface area contributed by atoms with Crippen LogP contribution < -0.4 is 5.32 Å². The number of ether oxygens (including phenoxy) is 1. The van der Waals surface area contributed by atoms with Gasteiger partial charge in [-0.2, -0.15) is 0 Å². The lowest BCUT2D eigenvalue weighted by Gasteiger charge is -2.40. The summed E-state index contributed by atoms with van der Waals surface area (Å²) in [5.41, 5.74) is 0. The first kappa shape index (κ1) is 10.4. The lowest BCUT2D eigenvalue weighted by atomic mass is 10.1. The molecule has 0 unspecified atom stereocenters. The molecule has 2 fully saturated rings. The van der Waals surface area contributed by atoms with Gasteiger partial charge in [-0.05, 0) is 32.9 Å². The molecule has 5 heteroatoms. The van der Waals surface area contributed by atoms with Crippen molar-refractivity contribution in [1.29, 1.82) is 0 Å². The molecule has 2 aliphatic heterocycles. The summed E-state index contributed by atoms with van der Waals surface area (Å²) < 4.78 is 28.8. The van der Waals surface area contributed by atoms with Crippen LogP contribution in [0.2, 0.25) is 0 Å². The average Bonchev–Trinajstić information content (AvgIpc) is 2.15. The molecule has 0 radical (unpaired) electrons. The lowest BCUT2D eigenvalue weighted by Crippen LogP contribution is -2.57. The number of rotatable bonds is 2. The van der Waals surface area contributed by atoms with Crippen molar-refractivity contribution in [1.82, 2.24) is 5.32 Å². The standard InChI is InChI=1S/C9H17NO3S/c1-9(6-13-7-9)14(11,12)8-2-4-10-5-3-8/h8,10H,2-7H2,1H3. The summed E-state index contributed by atoms with van der Waals surface area (Å²) in [6.45, 7) is 4.19. The van der Waals surface area contributed by atoms with Gasteiger partial charge in [-0.25, -0.2) is 8.42 Å². The van der Waals surface area contributed by atoms with Crippen molar-refractivity contribution in [2.75, 3.05) is 26.3 Å². The van der Waals surface area contributed by atoms with E-state index in [4.69, 9.17) is 4.74 Å². The molecule has 0 aromatic heterocycles. The molecule has 2 aliphatic rings. The highest BCUT2D eigenvalue weighted by Gasteiger charge is 2.49. The largest absolute Gasteiger partial charge is 0.378 e. The normalized spacial score (nSPS) is 28.4. The highest BCUT2D eigenvalue weighted by Crippen LogP contribution is 2.32. The molecule has 0 bridgehead atoms. The van der Waals surface area contributed by atoms with E-state index in [1.165, 1.54) is 0 Å². The van der Waals surface area contributed by atoms with E-state index in [9.17, 15) is 8.42 Å². The van der Waals surface area contributed by atoms with Crippen molar-refractivity contribution in [3.8, 4) is 0 Å². The van der Waals surface area contributed by atoms with Gasteiger partial charge in [-0.15, -0.1) is 0 Å². The Morgan fingerprint density at radius 3 is 2.29 bits per heavy atom. The molecule has 2 saturated heterocycles. The van der Waals surface area contributed by atoms with Crippen LogP contribution in [0, 0.1) is 0 Å². The summed E-state index contributed by atoms with van der Waals surface area (Å²) in [7, 11) is -2.99. The quantitative estimate of drug-likeness (QED) is 0.707. The zero-order chi connectivity index (χ0) is 10.2. The second kappa shape index (κ2) is 3.47. The second-order valence-electron chi connectivity index (χ2n) is 4.44. The molecule has 14 heavy (non-hydrogen) atoms. The van der Waals surface area contributed by atoms with Gasteiger partial charge in [0.1, 0.15) is 4.75 Å². The molecule has 2 heterocycles. The topological polar surface area (TPSA) is 55.4 Å². The van der Waals surface area contributed by atoms with Crippen LogP contribution in [-0.2, 0) is 14.6 Å². The van der Waals surface area contributed by atoms with E-state index in [0.717, 1.165) is 25.9 Å². The van der Waals surface area contributed by atoms with Gasteiger partial charge in [0.15, 0.2) is 9.84 Å². The maximum Gasteiger partial charge on any atom is 0.163 e. The molecule has 0 amide bonds. The molecule has 0 aromatic rings. The number of nitrogens with one attached hydrogen (secondary N) is 1. The van der Waals surface area contributed by atoms with Crippen molar-refractivity contribution in [3.05, 3.63) is 0 Å². The predicted octanol–water partition coefficient (Wildman–Crippen LogP) is -0.0579. The first-order valence-electron chi connectivity index (χ1n) is 5.08. The Morgan fingerprint density at radius 2 is 1.86 bits per heavy atom. The molecular formula is C9H17NO3S. The Hall–Kier alpha value is -0.130. The van der Waals surface area contributed by atoms with Gasteiger partial charge in [-0.3, -0.25) is 0 Å². The number of sulfone groups is 1. The van der Waals surface area contributed by atoms with E-state index in [1.807, 2.05) is 0 Å². The van der Waals surface area contributed by atoms with Gasteiger partial charge < -0.3 is 10.1 Å². The minimum absolute atomic E-state index is 0.155. The number of piperidine rings is 1. The van der Waals surface area contributed by atoms with Crippen molar-refractivity contribution in [3.63, 3.8) is 0 Å². The van der Waals surface area contributed by atoms with E-state index < -0.39 is 14.6 Å². The Labute approximate surface area is 84.9 Å². The highest BCUT2D eigenvalue weighted by atomic mass is 32.2. The van der Waals surface area contributed by atoms with Crippen LogP contribution in [0.3, 0.4) is 0 Å². The molecule has 0 spiro atoms. The van der Waals surface area contributed by atoms with Gasteiger partial charge in [-0.1, -0.05) is 0 Å². The number of hydrogen-bond acceptors (Lipinski definition) is 4. The van der Waals surface area contributed by atoms with E-state index >= 15 is 0 Å². The van der Waals surface area contributed by atoms with Crippen LogP contribution in [0.1, 0.15) is 19.8 Å². The molecule has 82 valence electrons. The van der Waals surface area contributed by atoms with E-state index in [0.29, 0.717) is 13.2 Å². The minimum Gasteiger partial charge on any atom is -0.378 e. The van der Waals surface area contributed by atoms with E-state index in [-0.39, 0.29) is 5.25 Å². The third kappa shape index (κ3) is 1.47. The van der Waals surface area contributed by atoms with Crippen LogP contribution in [0.5, 0.6) is 0 Å². The molecule has 0 saturated carbocycles. The third-order valence-corrected chi connectivity index (χ3v) is 6.19. The van der Waals surface area contributed by atoms with Gasteiger partial charge in [0, 0.05) is 0 Å². The fourth-order valence-electron chi connectivity index (χ4n) is 2.06. The van der Waals surface area contributed by atoms with Gasteiger partial charge in [0.05, 0.1) is 18.5 Å². The molecule has 0 aliphatic carbocycles. The van der Waals surface area contributed by atoms with Crippen molar-refractivity contribution in [2.45, 2.75) is 29.8 Å². The Balaban J connectivity index is 2.14. The Kier molecular flexibility index (Phi) is 2.57. The molecule has 1 N–H and O–H groups in total. The summed E-state index contributed by atoms with van der Waals surface area (Å²) in [6.07, 6.45) is 1.50. The van der Waals surface area contributed by atoms with E-state index in [1.54, 1.807) is 6.92 Å². The SMILES string of the molecule is CC1(S(=O)(=O)C2CCNCC2)COC1. The third-order valence-electron chi connectivity index (χ3n) is 3.23. The van der Waals surface area contributed by atoms with Crippen molar-refractivity contribution < 1.29 is 13.2 Å². The molecule has 2 rings (SSSR count). The molecule has 4 nitrogen and oxygen atoms in total. The number of hydrogen-bond donors (Lipinski definition) is 1. The van der Waals surface area contributed by atoms with Crippen LogP contribution in [-0.4, -0.2) is 44.7 Å². The summed E-state index contributed by atoms with van der Waals surface area (Å²) in [5.74, 6) is 0. The average molecular weight is 219 g/mol. The molecule has 0 aromatic carbocycles. The monoisotopic (exact) mass is 219 g/mol. The smallest absolute Gasteiger partial charge is 0.163 e. The zero-order valence-electron chi connectivity index (χ0n) is 8.45. The van der Waals surface area contributed by atoms with Crippen LogP contribution in [0.15, 0.2) is 0 Å². The second-order valence-corrected chi connectivity index (χ2v) is 7.18. The van der Waals surface area contributed by atoms with E-state index in [2.05, 4.69) is 5.32 Å². The fraction of sp³-hybridized carbons (Fsp3) is 1.00.